The number of pyridine rings is 1. The third-order valence-corrected chi connectivity index (χ3v) is 2.38. The van der Waals surface area contributed by atoms with Crippen LogP contribution in [0, 0.1) is 6.92 Å². The van der Waals surface area contributed by atoms with Gasteiger partial charge in [-0.15, -0.1) is 0 Å². The molecule has 5 nitrogen and oxygen atoms in total. The molecule has 6 heteroatoms. The van der Waals surface area contributed by atoms with E-state index in [4.69, 9.17) is 22.7 Å². The molecule has 0 aromatic carbocycles. The van der Waals surface area contributed by atoms with Gasteiger partial charge < -0.3 is 10.5 Å². The molecule has 0 spiro atoms. The van der Waals surface area contributed by atoms with Gasteiger partial charge in [0, 0.05) is 13.1 Å². The van der Waals surface area contributed by atoms with E-state index >= 15 is 0 Å². The fourth-order valence-corrected chi connectivity index (χ4v) is 1.51. The monoisotopic (exact) mass is 248 g/mol. The van der Waals surface area contributed by atoms with E-state index in [0.29, 0.717) is 17.3 Å². The number of ether oxygens (including phenoxy) is 1. The van der Waals surface area contributed by atoms with Gasteiger partial charge >= 0.3 is 0 Å². The van der Waals surface area contributed by atoms with E-state index in [1.807, 2.05) is 20.0 Å². The van der Waals surface area contributed by atoms with Crippen molar-refractivity contribution in [3.8, 4) is 11.6 Å². The van der Waals surface area contributed by atoms with Crippen LogP contribution in [0.5, 0.6) is 11.6 Å². The number of hydrogen-bond donors (Lipinski definition) is 1. The first-order valence-electron chi connectivity index (χ1n) is 5.00. The Labute approximate surface area is 104 Å². The second kappa shape index (κ2) is 4.50. The van der Waals surface area contributed by atoms with Crippen LogP contribution in [0.1, 0.15) is 11.4 Å². The molecule has 0 unspecified atom stereocenters. The van der Waals surface area contributed by atoms with Gasteiger partial charge in [0.05, 0.1) is 17.6 Å². The second-order valence-electron chi connectivity index (χ2n) is 3.59. The predicted octanol–water partition coefficient (Wildman–Crippen LogP) is 1.55. The van der Waals surface area contributed by atoms with Crippen LogP contribution >= 0.6 is 12.2 Å². The third-order valence-electron chi connectivity index (χ3n) is 2.17. The Morgan fingerprint density at radius 3 is 2.71 bits per heavy atom. The lowest BCUT2D eigenvalue weighted by molar-refractivity contribution is 0.429. The van der Waals surface area contributed by atoms with Gasteiger partial charge in [0.15, 0.2) is 0 Å². The zero-order chi connectivity index (χ0) is 12.4. The molecule has 0 aliphatic carbocycles. The summed E-state index contributed by atoms with van der Waals surface area (Å²) >= 11 is 4.82. The van der Waals surface area contributed by atoms with Gasteiger partial charge in [0.2, 0.25) is 5.88 Å². The summed E-state index contributed by atoms with van der Waals surface area (Å²) in [4.78, 5) is 4.36. The topological polar surface area (TPSA) is 66.0 Å². The number of nitrogens with two attached hydrogens (primary N) is 1. The first-order chi connectivity index (χ1) is 8.06. The van der Waals surface area contributed by atoms with E-state index in [2.05, 4.69) is 10.1 Å². The molecule has 0 saturated carbocycles. The van der Waals surface area contributed by atoms with Crippen LogP contribution in [0.3, 0.4) is 0 Å². The molecule has 0 saturated heterocycles. The normalized spacial score (nSPS) is 10.2. The van der Waals surface area contributed by atoms with Crippen LogP contribution in [0.4, 0.5) is 0 Å². The number of nitrogens with zero attached hydrogens (tertiary/aromatic N) is 3. The quantitative estimate of drug-likeness (QED) is 0.835. The fraction of sp³-hybridized carbons (Fsp3) is 0.182. The molecule has 0 radical (unpaired) electrons. The lowest BCUT2D eigenvalue weighted by Crippen LogP contribution is -2.11. The van der Waals surface area contributed by atoms with Crippen molar-refractivity contribution in [1.82, 2.24) is 14.8 Å². The maximum Gasteiger partial charge on any atom is 0.217 e. The first kappa shape index (κ1) is 11.5. The number of aryl methyl sites for hydroxylation is 2. The fourth-order valence-electron chi connectivity index (χ4n) is 1.39. The van der Waals surface area contributed by atoms with Crippen LogP contribution < -0.4 is 10.5 Å². The largest absolute Gasteiger partial charge is 0.438 e. The summed E-state index contributed by atoms with van der Waals surface area (Å²) in [5.74, 6) is 1.28. The van der Waals surface area contributed by atoms with Crippen molar-refractivity contribution in [1.29, 1.82) is 0 Å². The summed E-state index contributed by atoms with van der Waals surface area (Å²) in [6.45, 7) is 1.90. The Bertz CT molecular complexity index is 547. The molecular formula is C11H12N4OS. The van der Waals surface area contributed by atoms with E-state index in [9.17, 15) is 0 Å². The molecule has 0 aliphatic rings. The van der Waals surface area contributed by atoms with E-state index < -0.39 is 0 Å². The standard InChI is InChI=1S/C11H12N4OS/c1-7-5-10(15(2)14-7)16-8-3-4-9(11(12)17)13-6-8/h3-6H,1-2H3,(H2,12,17). The first-order valence-corrected chi connectivity index (χ1v) is 5.41. The highest BCUT2D eigenvalue weighted by Crippen LogP contribution is 2.20. The minimum atomic E-state index is 0.271. The van der Waals surface area contributed by atoms with E-state index in [1.54, 1.807) is 23.0 Å². The molecule has 17 heavy (non-hydrogen) atoms. The lowest BCUT2D eigenvalue weighted by Gasteiger charge is -2.05. The van der Waals surface area contributed by atoms with Gasteiger partial charge in [-0.05, 0) is 19.1 Å². The van der Waals surface area contributed by atoms with Gasteiger partial charge in [-0.2, -0.15) is 5.10 Å². The molecule has 0 amide bonds. The molecule has 2 heterocycles. The average Bonchev–Trinajstić information content (AvgIpc) is 2.58. The van der Waals surface area contributed by atoms with Crippen molar-refractivity contribution in [3.05, 3.63) is 35.8 Å². The predicted molar refractivity (Wildman–Crippen MR) is 68.1 cm³/mol. The zero-order valence-corrected chi connectivity index (χ0v) is 10.4. The van der Waals surface area contributed by atoms with Crippen LogP contribution in [0.25, 0.3) is 0 Å². The van der Waals surface area contributed by atoms with E-state index in [-0.39, 0.29) is 4.99 Å². The Morgan fingerprint density at radius 2 is 2.24 bits per heavy atom. The molecule has 0 aliphatic heterocycles. The van der Waals surface area contributed by atoms with Crippen molar-refractivity contribution in [2.75, 3.05) is 0 Å². The maximum atomic E-state index is 5.62. The highest BCUT2D eigenvalue weighted by Gasteiger charge is 2.05. The number of aromatic nitrogens is 3. The van der Waals surface area contributed by atoms with Gasteiger partial charge in [0.25, 0.3) is 0 Å². The highest BCUT2D eigenvalue weighted by molar-refractivity contribution is 7.80. The van der Waals surface area contributed by atoms with Crippen LogP contribution in [-0.4, -0.2) is 19.8 Å². The third kappa shape index (κ3) is 2.59. The number of rotatable bonds is 3. The molecule has 0 bridgehead atoms. The summed E-state index contributed by atoms with van der Waals surface area (Å²) < 4.78 is 7.28. The van der Waals surface area contributed by atoms with Gasteiger partial charge in [-0.3, -0.25) is 0 Å². The summed E-state index contributed by atoms with van der Waals surface area (Å²) in [5.41, 5.74) is 6.93. The molecule has 0 atom stereocenters. The van der Waals surface area contributed by atoms with Crippen molar-refractivity contribution in [3.63, 3.8) is 0 Å². The molecule has 2 rings (SSSR count). The molecule has 88 valence electrons. The Hall–Kier alpha value is -1.95. The van der Waals surface area contributed by atoms with Crippen LogP contribution in [-0.2, 0) is 7.05 Å². The Kier molecular flexibility index (Phi) is 3.06. The Balaban J connectivity index is 2.19. The summed E-state index contributed by atoms with van der Waals surface area (Å²) in [6.07, 6.45) is 1.58. The van der Waals surface area contributed by atoms with Crippen LogP contribution in [0.15, 0.2) is 24.4 Å². The Morgan fingerprint density at radius 1 is 1.47 bits per heavy atom. The van der Waals surface area contributed by atoms with Crippen molar-refractivity contribution in [2.45, 2.75) is 6.92 Å². The summed E-state index contributed by atoms with van der Waals surface area (Å²) in [6, 6.07) is 5.34. The van der Waals surface area contributed by atoms with Crippen molar-refractivity contribution < 1.29 is 4.74 Å². The van der Waals surface area contributed by atoms with Gasteiger partial charge in [-0.25, -0.2) is 9.67 Å². The summed E-state index contributed by atoms with van der Waals surface area (Å²) in [7, 11) is 1.82. The molecular weight excluding hydrogens is 236 g/mol. The smallest absolute Gasteiger partial charge is 0.217 e. The molecule has 2 N–H and O–H groups in total. The molecule has 2 aromatic heterocycles. The minimum absolute atomic E-state index is 0.271. The summed E-state index contributed by atoms with van der Waals surface area (Å²) in [5, 5.41) is 4.18. The molecule has 0 fully saturated rings. The zero-order valence-electron chi connectivity index (χ0n) is 9.54. The van der Waals surface area contributed by atoms with E-state index in [1.165, 1.54) is 0 Å². The SMILES string of the molecule is Cc1cc(Oc2ccc(C(N)=S)nc2)n(C)n1. The van der Waals surface area contributed by atoms with E-state index in [0.717, 1.165) is 5.69 Å². The minimum Gasteiger partial charge on any atom is -0.438 e. The number of hydrogen-bond acceptors (Lipinski definition) is 4. The van der Waals surface area contributed by atoms with Crippen LogP contribution in [0.2, 0.25) is 0 Å². The number of thiocarbonyl (C=S) groups is 1. The van der Waals surface area contributed by atoms with Gasteiger partial charge in [0.1, 0.15) is 10.7 Å². The average molecular weight is 248 g/mol. The van der Waals surface area contributed by atoms with Gasteiger partial charge in [-0.1, -0.05) is 12.2 Å². The highest BCUT2D eigenvalue weighted by atomic mass is 32.1. The lowest BCUT2D eigenvalue weighted by atomic mass is 10.3. The van der Waals surface area contributed by atoms with Crippen molar-refractivity contribution in [2.24, 2.45) is 12.8 Å². The second-order valence-corrected chi connectivity index (χ2v) is 4.03. The molecule has 2 aromatic rings. The van der Waals surface area contributed by atoms with Crippen molar-refractivity contribution >= 4 is 17.2 Å². The maximum absolute atomic E-state index is 5.62.